The predicted molar refractivity (Wildman–Crippen MR) is 95.9 cm³/mol. The Labute approximate surface area is 155 Å². The molecule has 0 radical (unpaired) electrons. The first-order chi connectivity index (χ1) is 13.0. The van der Waals surface area contributed by atoms with Crippen molar-refractivity contribution in [3.8, 4) is 0 Å². The number of nitrogens with one attached hydrogen (secondary N) is 2. The van der Waals surface area contributed by atoms with Gasteiger partial charge >= 0.3 is 6.09 Å². The number of hydrogen-bond donors (Lipinski definition) is 3. The minimum absolute atomic E-state index is 0.0610. The number of hydrogen-bond acceptors (Lipinski definition) is 4. The Bertz CT molecular complexity index is 799. The van der Waals surface area contributed by atoms with Gasteiger partial charge in [0, 0.05) is 6.42 Å². The molecule has 0 aliphatic carbocycles. The highest BCUT2D eigenvalue weighted by Crippen LogP contribution is 2.09. The molecule has 0 aliphatic heterocycles. The molecule has 2 aromatic rings. The lowest BCUT2D eigenvalue weighted by Gasteiger charge is -2.16. The van der Waals surface area contributed by atoms with Gasteiger partial charge in [0.25, 0.3) is 0 Å². The van der Waals surface area contributed by atoms with Crippen LogP contribution in [0.1, 0.15) is 11.1 Å². The third kappa shape index (κ3) is 6.77. The number of alkyl carbamates (subject to hydrolysis) is 1. The number of carbonyl (C=O) groups is 3. The molecular weight excluding hydrogens is 353 g/mol. The fourth-order valence-corrected chi connectivity index (χ4v) is 2.28. The highest BCUT2D eigenvalue weighted by Gasteiger charge is 2.20. The van der Waals surface area contributed by atoms with Crippen LogP contribution in [0.5, 0.6) is 0 Å². The molecule has 0 heterocycles. The van der Waals surface area contributed by atoms with Gasteiger partial charge in [-0.05, 0) is 17.2 Å². The molecule has 0 spiro atoms. The van der Waals surface area contributed by atoms with Crippen molar-refractivity contribution in [2.45, 2.75) is 19.1 Å². The van der Waals surface area contributed by atoms with Crippen molar-refractivity contribution in [3.05, 3.63) is 71.5 Å². The van der Waals surface area contributed by atoms with Gasteiger partial charge < -0.3 is 21.1 Å². The van der Waals surface area contributed by atoms with Crippen molar-refractivity contribution in [1.29, 1.82) is 0 Å². The summed E-state index contributed by atoms with van der Waals surface area (Å²) in [6.07, 6.45) is -0.870. The van der Waals surface area contributed by atoms with Crippen LogP contribution in [0.4, 0.5) is 9.18 Å². The summed E-state index contributed by atoms with van der Waals surface area (Å²) in [4.78, 5) is 35.1. The fourth-order valence-electron chi connectivity index (χ4n) is 2.28. The van der Waals surface area contributed by atoms with Crippen molar-refractivity contribution >= 4 is 17.9 Å². The van der Waals surface area contributed by atoms with Crippen molar-refractivity contribution in [3.63, 3.8) is 0 Å². The third-order valence-electron chi connectivity index (χ3n) is 3.67. The Balaban J connectivity index is 1.79. The number of ether oxygens (including phenoxy) is 1. The standard InChI is InChI=1S/C19H20FN3O4/c20-15-9-5-4-8-14(15)10-16(18(21)25)23-17(24)11-22-19(26)27-12-13-6-2-1-3-7-13/h1-9,16H,10-12H2,(H2,21,25)(H,22,26)(H,23,24)/t16-/m0/s1. The monoisotopic (exact) mass is 373 g/mol. The molecule has 142 valence electrons. The summed E-state index contributed by atoms with van der Waals surface area (Å²) in [5.74, 6) is -1.95. The largest absolute Gasteiger partial charge is 0.445 e. The molecule has 1 atom stereocenters. The lowest BCUT2D eigenvalue weighted by atomic mass is 10.0. The van der Waals surface area contributed by atoms with E-state index in [0.717, 1.165) is 5.56 Å². The Morgan fingerprint density at radius 1 is 1.04 bits per heavy atom. The SMILES string of the molecule is NC(=O)[C@H](Cc1ccccc1F)NC(=O)CNC(=O)OCc1ccccc1. The van der Waals surface area contributed by atoms with Gasteiger partial charge in [-0.3, -0.25) is 9.59 Å². The van der Waals surface area contributed by atoms with Crippen LogP contribution in [0.15, 0.2) is 54.6 Å². The molecule has 27 heavy (non-hydrogen) atoms. The lowest BCUT2D eigenvalue weighted by Crippen LogP contribution is -2.49. The van der Waals surface area contributed by atoms with E-state index >= 15 is 0 Å². The molecule has 0 saturated carbocycles. The quantitative estimate of drug-likeness (QED) is 0.647. The van der Waals surface area contributed by atoms with E-state index in [2.05, 4.69) is 10.6 Å². The molecule has 0 aliphatic rings. The summed E-state index contributed by atoms with van der Waals surface area (Å²) in [5.41, 5.74) is 6.31. The summed E-state index contributed by atoms with van der Waals surface area (Å²) in [6, 6.07) is 13.8. The topological polar surface area (TPSA) is 111 Å². The summed E-state index contributed by atoms with van der Waals surface area (Å²) >= 11 is 0. The second-order valence-electron chi connectivity index (χ2n) is 5.73. The number of halogens is 1. The van der Waals surface area contributed by atoms with Gasteiger partial charge in [0.1, 0.15) is 25.0 Å². The first kappa shape index (κ1) is 19.9. The number of amides is 3. The smallest absolute Gasteiger partial charge is 0.407 e. The number of benzene rings is 2. The molecule has 8 heteroatoms. The van der Waals surface area contributed by atoms with Crippen molar-refractivity contribution in [1.82, 2.24) is 10.6 Å². The average molecular weight is 373 g/mol. The van der Waals surface area contributed by atoms with Crippen LogP contribution in [-0.4, -0.2) is 30.5 Å². The van der Waals surface area contributed by atoms with E-state index in [9.17, 15) is 18.8 Å². The van der Waals surface area contributed by atoms with E-state index < -0.39 is 36.3 Å². The molecule has 4 N–H and O–H groups in total. The van der Waals surface area contributed by atoms with Gasteiger partial charge in [-0.2, -0.15) is 0 Å². The average Bonchev–Trinajstić information content (AvgIpc) is 2.66. The van der Waals surface area contributed by atoms with Crippen LogP contribution < -0.4 is 16.4 Å². The fraction of sp³-hybridized carbons (Fsp3) is 0.211. The minimum Gasteiger partial charge on any atom is -0.445 e. The van der Waals surface area contributed by atoms with Crippen molar-refractivity contribution in [2.24, 2.45) is 5.73 Å². The summed E-state index contributed by atoms with van der Waals surface area (Å²) in [5, 5.41) is 4.64. The van der Waals surface area contributed by atoms with Gasteiger partial charge in [0.15, 0.2) is 0 Å². The molecular formula is C19H20FN3O4. The van der Waals surface area contributed by atoms with Crippen LogP contribution in [0.25, 0.3) is 0 Å². The van der Waals surface area contributed by atoms with Gasteiger partial charge in [-0.25, -0.2) is 9.18 Å². The van der Waals surface area contributed by atoms with Crippen LogP contribution in [0.2, 0.25) is 0 Å². The molecule has 2 rings (SSSR count). The molecule has 0 unspecified atom stereocenters. The zero-order valence-corrected chi connectivity index (χ0v) is 14.5. The predicted octanol–water partition coefficient (Wildman–Crippen LogP) is 1.26. The van der Waals surface area contributed by atoms with E-state index in [1.54, 1.807) is 18.2 Å². The van der Waals surface area contributed by atoms with E-state index in [1.807, 2.05) is 18.2 Å². The Hall–Kier alpha value is -3.42. The zero-order chi connectivity index (χ0) is 19.6. The summed E-state index contributed by atoms with van der Waals surface area (Å²) in [6.45, 7) is -0.347. The van der Waals surface area contributed by atoms with E-state index in [4.69, 9.17) is 10.5 Å². The highest BCUT2D eigenvalue weighted by molar-refractivity contribution is 5.88. The first-order valence-corrected chi connectivity index (χ1v) is 8.22. The van der Waals surface area contributed by atoms with Crippen LogP contribution in [0, 0.1) is 5.82 Å². The van der Waals surface area contributed by atoms with E-state index in [0.29, 0.717) is 0 Å². The van der Waals surface area contributed by atoms with Gasteiger partial charge in [0.2, 0.25) is 11.8 Å². The number of primary amides is 1. The first-order valence-electron chi connectivity index (χ1n) is 8.22. The third-order valence-corrected chi connectivity index (χ3v) is 3.67. The molecule has 2 aromatic carbocycles. The van der Waals surface area contributed by atoms with Crippen LogP contribution in [-0.2, 0) is 27.4 Å². The van der Waals surface area contributed by atoms with Crippen molar-refractivity contribution < 1.29 is 23.5 Å². The van der Waals surface area contributed by atoms with Gasteiger partial charge in [-0.15, -0.1) is 0 Å². The molecule has 7 nitrogen and oxygen atoms in total. The number of carbonyl (C=O) groups excluding carboxylic acids is 3. The Morgan fingerprint density at radius 2 is 1.70 bits per heavy atom. The Morgan fingerprint density at radius 3 is 2.37 bits per heavy atom. The van der Waals surface area contributed by atoms with Crippen LogP contribution >= 0.6 is 0 Å². The maximum atomic E-state index is 13.7. The number of nitrogens with two attached hydrogens (primary N) is 1. The highest BCUT2D eigenvalue weighted by atomic mass is 19.1. The molecule has 3 amide bonds. The molecule has 0 bridgehead atoms. The maximum absolute atomic E-state index is 13.7. The zero-order valence-electron chi connectivity index (χ0n) is 14.5. The van der Waals surface area contributed by atoms with Gasteiger partial charge in [-0.1, -0.05) is 48.5 Å². The number of rotatable bonds is 8. The summed E-state index contributed by atoms with van der Waals surface area (Å²) < 4.78 is 18.7. The van der Waals surface area contributed by atoms with Crippen molar-refractivity contribution in [2.75, 3.05) is 6.54 Å². The Kier molecular flexibility index (Phi) is 7.30. The van der Waals surface area contributed by atoms with Gasteiger partial charge in [0.05, 0.1) is 0 Å². The van der Waals surface area contributed by atoms with Crippen LogP contribution in [0.3, 0.4) is 0 Å². The second-order valence-corrected chi connectivity index (χ2v) is 5.73. The van der Waals surface area contributed by atoms with E-state index in [-0.39, 0.29) is 18.6 Å². The normalized spacial score (nSPS) is 11.3. The second kappa shape index (κ2) is 9.91. The maximum Gasteiger partial charge on any atom is 0.407 e. The minimum atomic E-state index is -1.10. The lowest BCUT2D eigenvalue weighted by molar-refractivity contribution is -0.126. The molecule has 0 aromatic heterocycles. The summed E-state index contributed by atoms with van der Waals surface area (Å²) in [7, 11) is 0. The molecule has 0 fully saturated rings. The van der Waals surface area contributed by atoms with E-state index in [1.165, 1.54) is 18.2 Å². The molecule has 0 saturated heterocycles.